The van der Waals surface area contributed by atoms with E-state index in [0.29, 0.717) is 0 Å². The van der Waals surface area contributed by atoms with E-state index < -0.39 is 0 Å². The Morgan fingerprint density at radius 2 is 1.77 bits per heavy atom. The van der Waals surface area contributed by atoms with Gasteiger partial charge in [0.2, 0.25) is 0 Å². The van der Waals surface area contributed by atoms with Crippen LogP contribution in [0.15, 0.2) is 28.9 Å². The molecule has 0 spiro atoms. The summed E-state index contributed by atoms with van der Waals surface area (Å²) in [6.07, 6.45) is 6.95. The highest BCUT2D eigenvalue weighted by atomic mass is 14.7. The van der Waals surface area contributed by atoms with Gasteiger partial charge in [0.05, 0.1) is 0 Å². The Morgan fingerprint density at radius 1 is 1.23 bits per heavy atom. The molecule has 0 saturated heterocycles. The second kappa shape index (κ2) is 11.2. The summed E-state index contributed by atoms with van der Waals surface area (Å²) in [5.74, 6) is 0. The number of nitrogens with zero attached hydrogens (tertiary/aromatic N) is 1. The van der Waals surface area contributed by atoms with E-state index in [1.165, 1.54) is 5.57 Å². The first kappa shape index (κ1) is 14.7. The van der Waals surface area contributed by atoms with Gasteiger partial charge in [0.15, 0.2) is 0 Å². The van der Waals surface area contributed by atoms with Crippen LogP contribution >= 0.6 is 0 Å². The largest absolute Gasteiger partial charge is 0.262 e. The first-order chi connectivity index (χ1) is 6.20. The number of aliphatic imine (C=N–C) groups is 1. The summed E-state index contributed by atoms with van der Waals surface area (Å²) in [5.41, 5.74) is 2.44. The minimum atomic E-state index is 1.07. The topological polar surface area (TPSA) is 12.4 Å². The number of hydrogen-bond acceptors (Lipinski definition) is 1. The zero-order valence-electron chi connectivity index (χ0n) is 9.89. The van der Waals surface area contributed by atoms with E-state index in [-0.39, 0.29) is 0 Å². The minimum absolute atomic E-state index is 1.07. The van der Waals surface area contributed by atoms with Crippen LogP contribution in [0, 0.1) is 0 Å². The Labute approximate surface area is 83.3 Å². The molecule has 0 heterocycles. The second-order valence-electron chi connectivity index (χ2n) is 2.60. The Kier molecular flexibility index (Phi) is 12.6. The first-order valence-electron chi connectivity index (χ1n) is 5.03. The maximum atomic E-state index is 4.19. The van der Waals surface area contributed by atoms with Crippen molar-refractivity contribution in [2.45, 2.75) is 48.0 Å². The average molecular weight is 181 g/mol. The van der Waals surface area contributed by atoms with Gasteiger partial charge in [-0.05, 0) is 33.3 Å². The Morgan fingerprint density at radius 3 is 2.15 bits per heavy atom. The summed E-state index contributed by atoms with van der Waals surface area (Å²) in [7, 11) is 0. The molecule has 0 atom stereocenters. The van der Waals surface area contributed by atoms with Crippen LogP contribution in [0.3, 0.4) is 0 Å². The lowest BCUT2D eigenvalue weighted by Gasteiger charge is -1.93. The van der Waals surface area contributed by atoms with Crippen LogP contribution in [0.25, 0.3) is 0 Å². The summed E-state index contributed by atoms with van der Waals surface area (Å²) in [6, 6.07) is 0. The maximum absolute atomic E-state index is 4.19. The third kappa shape index (κ3) is 11.1. The fraction of sp³-hybridized carbons (Fsp3) is 0.583. The number of rotatable bonds is 3. The molecule has 0 aliphatic carbocycles. The molecule has 0 fully saturated rings. The van der Waals surface area contributed by atoms with E-state index >= 15 is 0 Å². The zero-order valence-corrected chi connectivity index (χ0v) is 9.89. The fourth-order valence-corrected chi connectivity index (χ4v) is 0.688. The monoisotopic (exact) mass is 181 g/mol. The van der Waals surface area contributed by atoms with Gasteiger partial charge in [0, 0.05) is 11.9 Å². The predicted octanol–water partition coefficient (Wildman–Crippen LogP) is 4.36. The molecular weight excluding hydrogens is 158 g/mol. The molecule has 0 aliphatic heterocycles. The molecule has 0 rings (SSSR count). The van der Waals surface area contributed by atoms with Crippen LogP contribution in [-0.2, 0) is 0 Å². The van der Waals surface area contributed by atoms with Gasteiger partial charge in [-0.15, -0.1) is 0 Å². The van der Waals surface area contributed by atoms with E-state index in [1.54, 1.807) is 0 Å². The maximum Gasteiger partial charge on any atom is 0.0371 e. The van der Waals surface area contributed by atoms with Crippen molar-refractivity contribution in [2.75, 3.05) is 0 Å². The Bertz CT molecular complexity index is 185. The van der Waals surface area contributed by atoms with Crippen LogP contribution in [0.2, 0.25) is 0 Å². The van der Waals surface area contributed by atoms with Gasteiger partial charge in [0.25, 0.3) is 0 Å². The van der Waals surface area contributed by atoms with Gasteiger partial charge >= 0.3 is 0 Å². The lowest BCUT2D eigenvalue weighted by Crippen LogP contribution is -1.85. The summed E-state index contributed by atoms with van der Waals surface area (Å²) < 4.78 is 0. The molecule has 0 N–H and O–H groups in total. The molecule has 0 aromatic carbocycles. The molecule has 0 saturated carbocycles. The molecule has 1 heteroatoms. The molecule has 0 bridgehead atoms. The SMILES string of the molecule is CC.C\C=C/N=C(C)/C=C(\C)CC. The summed E-state index contributed by atoms with van der Waals surface area (Å²) in [4.78, 5) is 4.19. The van der Waals surface area contributed by atoms with Crippen LogP contribution in [0.1, 0.15) is 48.0 Å². The Hall–Kier alpha value is -0.850. The number of hydrogen-bond donors (Lipinski definition) is 0. The molecule has 0 amide bonds. The van der Waals surface area contributed by atoms with Gasteiger partial charge in [-0.2, -0.15) is 0 Å². The van der Waals surface area contributed by atoms with Crippen molar-refractivity contribution in [1.29, 1.82) is 0 Å². The fourth-order valence-electron chi connectivity index (χ4n) is 0.688. The van der Waals surface area contributed by atoms with Gasteiger partial charge in [-0.3, -0.25) is 4.99 Å². The molecule has 0 unspecified atom stereocenters. The first-order valence-corrected chi connectivity index (χ1v) is 5.03. The average Bonchev–Trinajstić information content (AvgIpc) is 2.17. The normalized spacial score (nSPS) is 12.8. The second-order valence-corrected chi connectivity index (χ2v) is 2.60. The van der Waals surface area contributed by atoms with E-state index in [1.807, 2.05) is 40.0 Å². The lowest BCUT2D eigenvalue weighted by atomic mass is 10.2. The Balaban J connectivity index is 0. The van der Waals surface area contributed by atoms with Gasteiger partial charge < -0.3 is 0 Å². The highest BCUT2D eigenvalue weighted by molar-refractivity contribution is 5.93. The lowest BCUT2D eigenvalue weighted by molar-refractivity contribution is 1.10. The van der Waals surface area contributed by atoms with Gasteiger partial charge in [-0.25, -0.2) is 0 Å². The molecule has 0 aromatic heterocycles. The molecule has 76 valence electrons. The van der Waals surface area contributed by atoms with Crippen molar-refractivity contribution >= 4 is 5.71 Å². The third-order valence-corrected chi connectivity index (χ3v) is 1.44. The molecular formula is C12H23N. The zero-order chi connectivity index (χ0) is 10.7. The van der Waals surface area contributed by atoms with E-state index in [0.717, 1.165) is 12.1 Å². The van der Waals surface area contributed by atoms with Crippen molar-refractivity contribution in [3.05, 3.63) is 23.9 Å². The summed E-state index contributed by atoms with van der Waals surface area (Å²) in [6.45, 7) is 12.2. The standard InChI is InChI=1S/C10H17N.C2H6/c1-5-7-11-10(4)8-9(3)6-2;1-2/h5,7-8H,6H2,1-4H3;1-2H3/b7-5-,9-8+,11-10+;. The predicted molar refractivity (Wildman–Crippen MR) is 63.3 cm³/mol. The third-order valence-electron chi connectivity index (χ3n) is 1.44. The summed E-state index contributed by atoms with van der Waals surface area (Å²) in [5, 5.41) is 0. The quantitative estimate of drug-likeness (QED) is 0.573. The van der Waals surface area contributed by atoms with E-state index in [4.69, 9.17) is 0 Å². The van der Waals surface area contributed by atoms with Crippen molar-refractivity contribution in [1.82, 2.24) is 0 Å². The molecule has 0 aliphatic rings. The van der Waals surface area contributed by atoms with Crippen molar-refractivity contribution in [2.24, 2.45) is 4.99 Å². The summed E-state index contributed by atoms with van der Waals surface area (Å²) >= 11 is 0. The molecule has 0 radical (unpaired) electrons. The van der Waals surface area contributed by atoms with E-state index in [2.05, 4.69) is 24.9 Å². The highest BCUT2D eigenvalue weighted by Gasteiger charge is 1.84. The van der Waals surface area contributed by atoms with Crippen LogP contribution in [0.5, 0.6) is 0 Å². The van der Waals surface area contributed by atoms with Crippen molar-refractivity contribution in [3.8, 4) is 0 Å². The molecule has 13 heavy (non-hydrogen) atoms. The van der Waals surface area contributed by atoms with Crippen LogP contribution < -0.4 is 0 Å². The smallest absolute Gasteiger partial charge is 0.0371 e. The molecule has 0 aromatic rings. The molecule has 1 nitrogen and oxygen atoms in total. The van der Waals surface area contributed by atoms with Crippen molar-refractivity contribution in [3.63, 3.8) is 0 Å². The van der Waals surface area contributed by atoms with Gasteiger partial charge in [-0.1, -0.05) is 32.4 Å². The highest BCUT2D eigenvalue weighted by Crippen LogP contribution is 1.98. The minimum Gasteiger partial charge on any atom is -0.262 e. The van der Waals surface area contributed by atoms with Crippen molar-refractivity contribution < 1.29 is 0 Å². The van der Waals surface area contributed by atoms with E-state index in [9.17, 15) is 0 Å². The van der Waals surface area contributed by atoms with Crippen LogP contribution in [-0.4, -0.2) is 5.71 Å². The number of allylic oxidation sites excluding steroid dienone is 3. The van der Waals surface area contributed by atoms with Gasteiger partial charge in [0.1, 0.15) is 0 Å². The van der Waals surface area contributed by atoms with Crippen LogP contribution in [0.4, 0.5) is 0 Å².